The first kappa shape index (κ1) is 13.5. The van der Waals surface area contributed by atoms with Crippen molar-refractivity contribution >= 4 is 11.8 Å². The Hall–Kier alpha value is -1.88. The number of nitrogens with zero attached hydrogens (tertiary/aromatic N) is 1. The number of hydrogen-bond acceptors (Lipinski definition) is 3. The van der Waals surface area contributed by atoms with Gasteiger partial charge in [0, 0.05) is 18.5 Å². The van der Waals surface area contributed by atoms with Crippen molar-refractivity contribution < 1.29 is 14.7 Å². The molecule has 2 rings (SSSR count). The van der Waals surface area contributed by atoms with Crippen molar-refractivity contribution in [1.82, 2.24) is 4.90 Å². The van der Waals surface area contributed by atoms with Gasteiger partial charge in [0.25, 0.3) is 5.91 Å². The van der Waals surface area contributed by atoms with Gasteiger partial charge >= 0.3 is 0 Å². The number of piperidine rings is 1. The fourth-order valence-electron chi connectivity index (χ4n) is 2.47. The molecule has 1 heterocycles. The van der Waals surface area contributed by atoms with Crippen LogP contribution in [0.3, 0.4) is 0 Å². The van der Waals surface area contributed by atoms with Gasteiger partial charge < -0.3 is 15.7 Å². The lowest BCUT2D eigenvalue weighted by Crippen LogP contribution is -2.46. The van der Waals surface area contributed by atoms with Crippen molar-refractivity contribution in [3.63, 3.8) is 0 Å². The summed E-state index contributed by atoms with van der Waals surface area (Å²) in [6.45, 7) is 0.451. The molecule has 19 heavy (non-hydrogen) atoms. The van der Waals surface area contributed by atoms with Gasteiger partial charge in [-0.05, 0) is 30.9 Å². The quantitative estimate of drug-likeness (QED) is 0.842. The van der Waals surface area contributed by atoms with E-state index in [0.717, 1.165) is 0 Å². The number of aliphatic hydroxyl groups excluding tert-OH is 1. The molecule has 5 heteroatoms. The van der Waals surface area contributed by atoms with Crippen LogP contribution in [0.15, 0.2) is 30.3 Å². The molecule has 1 aromatic rings. The Morgan fingerprint density at radius 1 is 1.32 bits per heavy atom. The molecule has 0 saturated carbocycles. The number of rotatable bonds is 3. The van der Waals surface area contributed by atoms with Gasteiger partial charge in [0.05, 0.1) is 0 Å². The largest absolute Gasteiger partial charge is 0.374 e. The highest BCUT2D eigenvalue weighted by Crippen LogP contribution is 2.25. The third-order valence-corrected chi connectivity index (χ3v) is 3.45. The lowest BCUT2D eigenvalue weighted by Gasteiger charge is -2.36. The molecule has 2 amide bonds. The molecule has 1 fully saturated rings. The van der Waals surface area contributed by atoms with E-state index in [1.54, 1.807) is 24.3 Å². The van der Waals surface area contributed by atoms with Gasteiger partial charge in [-0.3, -0.25) is 9.59 Å². The maximum absolute atomic E-state index is 12.2. The topological polar surface area (TPSA) is 83.6 Å². The fraction of sp³-hybridized carbons (Fsp3) is 0.429. The fourth-order valence-corrected chi connectivity index (χ4v) is 2.47. The molecule has 0 spiro atoms. The van der Waals surface area contributed by atoms with E-state index in [1.165, 1.54) is 4.90 Å². The van der Waals surface area contributed by atoms with Crippen LogP contribution in [0.4, 0.5) is 0 Å². The standard InChI is InChI=1S/C14H18N2O3/c15-12(17)8-10-6-7-16(13(18)9-10)14(19)11-4-2-1-3-5-11/h1-5,10,13,18H,6-9H2,(H2,15,17). The monoisotopic (exact) mass is 262 g/mol. The molecule has 0 radical (unpaired) electrons. The summed E-state index contributed by atoms with van der Waals surface area (Å²) in [6.07, 6.45) is 0.524. The van der Waals surface area contributed by atoms with E-state index >= 15 is 0 Å². The second-order valence-electron chi connectivity index (χ2n) is 4.91. The first-order valence-electron chi connectivity index (χ1n) is 6.40. The lowest BCUT2D eigenvalue weighted by molar-refractivity contribution is -0.120. The van der Waals surface area contributed by atoms with Gasteiger partial charge in [0.1, 0.15) is 6.23 Å². The van der Waals surface area contributed by atoms with Crippen LogP contribution in [0.1, 0.15) is 29.6 Å². The zero-order chi connectivity index (χ0) is 13.8. The average Bonchev–Trinajstić information content (AvgIpc) is 2.38. The third kappa shape index (κ3) is 3.32. The van der Waals surface area contributed by atoms with Gasteiger partial charge in [-0.2, -0.15) is 0 Å². The zero-order valence-corrected chi connectivity index (χ0v) is 10.7. The van der Waals surface area contributed by atoms with Gasteiger partial charge in [0.15, 0.2) is 0 Å². The number of aliphatic hydroxyl groups is 1. The van der Waals surface area contributed by atoms with E-state index in [1.807, 2.05) is 6.07 Å². The Labute approximate surface area is 112 Å². The molecule has 1 aliphatic heterocycles. The Balaban J connectivity index is 2.00. The molecule has 1 saturated heterocycles. The molecular weight excluding hydrogens is 244 g/mol. The second kappa shape index (κ2) is 5.84. The van der Waals surface area contributed by atoms with E-state index in [9.17, 15) is 14.7 Å². The molecule has 2 unspecified atom stereocenters. The number of hydrogen-bond donors (Lipinski definition) is 2. The number of amides is 2. The van der Waals surface area contributed by atoms with Crippen LogP contribution >= 0.6 is 0 Å². The number of nitrogens with two attached hydrogens (primary N) is 1. The summed E-state index contributed by atoms with van der Waals surface area (Å²) < 4.78 is 0. The molecule has 0 bridgehead atoms. The number of likely N-dealkylation sites (tertiary alicyclic amines) is 1. The normalized spacial score (nSPS) is 23.1. The van der Waals surface area contributed by atoms with Crippen LogP contribution in [-0.2, 0) is 4.79 Å². The van der Waals surface area contributed by atoms with E-state index in [0.29, 0.717) is 24.9 Å². The molecule has 1 aliphatic rings. The highest BCUT2D eigenvalue weighted by Gasteiger charge is 2.31. The van der Waals surface area contributed by atoms with Crippen molar-refractivity contribution in [2.24, 2.45) is 11.7 Å². The van der Waals surface area contributed by atoms with Gasteiger partial charge in [-0.25, -0.2) is 0 Å². The van der Waals surface area contributed by atoms with E-state index in [2.05, 4.69) is 0 Å². The molecule has 5 nitrogen and oxygen atoms in total. The molecule has 2 atom stereocenters. The third-order valence-electron chi connectivity index (χ3n) is 3.45. The summed E-state index contributed by atoms with van der Waals surface area (Å²) in [5, 5.41) is 10.0. The minimum absolute atomic E-state index is 0.0623. The summed E-state index contributed by atoms with van der Waals surface area (Å²) in [5.74, 6) is -0.474. The number of carbonyl (C=O) groups excluding carboxylic acids is 2. The lowest BCUT2D eigenvalue weighted by atomic mass is 9.91. The summed E-state index contributed by atoms with van der Waals surface area (Å²) in [6, 6.07) is 8.88. The zero-order valence-electron chi connectivity index (χ0n) is 10.7. The van der Waals surface area contributed by atoms with Gasteiger partial charge in [0.2, 0.25) is 5.91 Å². The Kier molecular flexibility index (Phi) is 4.16. The number of primary amides is 1. The Morgan fingerprint density at radius 3 is 2.58 bits per heavy atom. The summed E-state index contributed by atoms with van der Waals surface area (Å²) in [7, 11) is 0. The van der Waals surface area contributed by atoms with E-state index in [4.69, 9.17) is 5.73 Å². The van der Waals surface area contributed by atoms with E-state index < -0.39 is 6.23 Å². The summed E-state index contributed by atoms with van der Waals surface area (Å²) in [5.41, 5.74) is 5.72. The first-order chi connectivity index (χ1) is 9.08. The summed E-state index contributed by atoms with van der Waals surface area (Å²) in [4.78, 5) is 24.5. The van der Waals surface area contributed by atoms with Crippen LogP contribution in [0.25, 0.3) is 0 Å². The highest BCUT2D eigenvalue weighted by molar-refractivity contribution is 5.94. The van der Waals surface area contributed by atoms with Gasteiger partial charge in [-0.1, -0.05) is 18.2 Å². The van der Waals surface area contributed by atoms with Crippen molar-refractivity contribution in [2.75, 3.05) is 6.54 Å². The van der Waals surface area contributed by atoms with Crippen LogP contribution in [0.5, 0.6) is 0 Å². The van der Waals surface area contributed by atoms with Crippen LogP contribution < -0.4 is 5.73 Å². The molecule has 3 N–H and O–H groups in total. The predicted octanol–water partition coefficient (Wildman–Crippen LogP) is 0.733. The smallest absolute Gasteiger partial charge is 0.255 e. The van der Waals surface area contributed by atoms with Crippen LogP contribution in [-0.4, -0.2) is 34.6 Å². The SMILES string of the molecule is NC(=O)CC1CCN(C(=O)c2ccccc2)C(O)C1. The van der Waals surface area contributed by atoms with Crippen molar-refractivity contribution in [3.05, 3.63) is 35.9 Å². The van der Waals surface area contributed by atoms with Crippen molar-refractivity contribution in [3.8, 4) is 0 Å². The number of benzene rings is 1. The minimum Gasteiger partial charge on any atom is -0.374 e. The summed E-state index contributed by atoms with van der Waals surface area (Å²) >= 11 is 0. The van der Waals surface area contributed by atoms with Gasteiger partial charge in [-0.15, -0.1) is 0 Å². The Bertz CT molecular complexity index is 461. The average molecular weight is 262 g/mol. The molecule has 0 aliphatic carbocycles. The molecular formula is C14H18N2O3. The molecule has 1 aromatic carbocycles. The van der Waals surface area contributed by atoms with Crippen LogP contribution in [0.2, 0.25) is 0 Å². The predicted molar refractivity (Wildman–Crippen MR) is 70.0 cm³/mol. The molecule has 0 aromatic heterocycles. The van der Waals surface area contributed by atoms with E-state index in [-0.39, 0.29) is 24.2 Å². The second-order valence-corrected chi connectivity index (χ2v) is 4.91. The Morgan fingerprint density at radius 2 is 2.00 bits per heavy atom. The first-order valence-corrected chi connectivity index (χ1v) is 6.40. The maximum atomic E-state index is 12.2. The van der Waals surface area contributed by atoms with Crippen molar-refractivity contribution in [1.29, 1.82) is 0 Å². The number of carbonyl (C=O) groups is 2. The maximum Gasteiger partial charge on any atom is 0.255 e. The highest BCUT2D eigenvalue weighted by atomic mass is 16.3. The van der Waals surface area contributed by atoms with Crippen molar-refractivity contribution in [2.45, 2.75) is 25.5 Å². The minimum atomic E-state index is -0.842. The van der Waals surface area contributed by atoms with Crippen LogP contribution in [0, 0.1) is 5.92 Å². The molecule has 102 valence electrons.